The van der Waals surface area contributed by atoms with Crippen molar-refractivity contribution in [3.63, 3.8) is 0 Å². The second kappa shape index (κ2) is 7.81. The average Bonchev–Trinajstić information content (AvgIpc) is 3.13. The zero-order valence-corrected chi connectivity index (χ0v) is 13.9. The molecule has 0 aliphatic heterocycles. The molecule has 2 N–H and O–H groups in total. The van der Waals surface area contributed by atoms with Crippen LogP contribution >= 0.6 is 0 Å². The lowest BCUT2D eigenvalue weighted by Gasteiger charge is -2.14. The predicted octanol–water partition coefficient (Wildman–Crippen LogP) is 3.37. The van der Waals surface area contributed by atoms with Crippen molar-refractivity contribution in [2.45, 2.75) is 38.3 Å². The fraction of sp³-hybridized carbons (Fsp3) is 0.368. The van der Waals surface area contributed by atoms with Crippen molar-refractivity contribution in [1.82, 2.24) is 10.3 Å². The number of hydrogen-bond donors (Lipinski definition) is 2. The van der Waals surface area contributed by atoms with Gasteiger partial charge in [-0.2, -0.15) is 0 Å². The summed E-state index contributed by atoms with van der Waals surface area (Å²) in [6, 6.07) is 10.0. The number of para-hydroxylation sites is 1. The van der Waals surface area contributed by atoms with Crippen LogP contribution in [0.3, 0.4) is 0 Å². The Balaban J connectivity index is 1.62. The van der Waals surface area contributed by atoms with Gasteiger partial charge in [0.2, 0.25) is 0 Å². The molecule has 0 atom stereocenters. The SMILES string of the molecule is COc1ccccc1CNC(=O)c1cncc(NC2CCCC2)c1. The summed E-state index contributed by atoms with van der Waals surface area (Å²) in [6.07, 6.45) is 8.27. The van der Waals surface area contributed by atoms with Gasteiger partial charge in [-0.1, -0.05) is 31.0 Å². The number of hydrogen-bond acceptors (Lipinski definition) is 4. The Kier molecular flexibility index (Phi) is 5.31. The molecule has 24 heavy (non-hydrogen) atoms. The summed E-state index contributed by atoms with van der Waals surface area (Å²) in [5.74, 6) is 0.635. The molecule has 1 aromatic heterocycles. The zero-order chi connectivity index (χ0) is 16.8. The monoisotopic (exact) mass is 325 g/mol. The van der Waals surface area contributed by atoms with Crippen molar-refractivity contribution in [2.75, 3.05) is 12.4 Å². The van der Waals surface area contributed by atoms with Crippen LogP contribution in [0.25, 0.3) is 0 Å². The quantitative estimate of drug-likeness (QED) is 0.855. The highest BCUT2D eigenvalue weighted by Crippen LogP contribution is 2.22. The molecule has 1 aromatic carbocycles. The third-order valence-corrected chi connectivity index (χ3v) is 4.36. The van der Waals surface area contributed by atoms with E-state index in [9.17, 15) is 4.79 Å². The molecule has 0 unspecified atom stereocenters. The van der Waals surface area contributed by atoms with Gasteiger partial charge in [-0.05, 0) is 25.0 Å². The molecule has 1 amide bonds. The van der Waals surface area contributed by atoms with Crippen molar-refractivity contribution in [3.8, 4) is 5.75 Å². The molecule has 2 aromatic rings. The second-order valence-corrected chi connectivity index (χ2v) is 6.08. The first-order valence-corrected chi connectivity index (χ1v) is 8.38. The minimum absolute atomic E-state index is 0.136. The van der Waals surface area contributed by atoms with Crippen LogP contribution in [0.2, 0.25) is 0 Å². The van der Waals surface area contributed by atoms with Crippen LogP contribution in [0, 0.1) is 0 Å². The summed E-state index contributed by atoms with van der Waals surface area (Å²) >= 11 is 0. The van der Waals surface area contributed by atoms with Crippen LogP contribution in [0.15, 0.2) is 42.7 Å². The second-order valence-electron chi connectivity index (χ2n) is 6.08. The van der Waals surface area contributed by atoms with Crippen molar-refractivity contribution in [3.05, 3.63) is 53.9 Å². The molecular formula is C19H23N3O2. The standard InChI is InChI=1S/C19H23N3O2/c1-24-18-9-5-2-6-14(18)12-21-19(23)15-10-17(13-20-11-15)22-16-7-3-4-8-16/h2,5-6,9-11,13,16,22H,3-4,7-8,12H2,1H3,(H,21,23). The molecular weight excluding hydrogens is 302 g/mol. The highest BCUT2D eigenvalue weighted by molar-refractivity contribution is 5.94. The number of carbonyl (C=O) groups excluding carboxylic acids is 1. The lowest BCUT2D eigenvalue weighted by Crippen LogP contribution is -2.23. The van der Waals surface area contributed by atoms with E-state index in [1.807, 2.05) is 30.3 Å². The topological polar surface area (TPSA) is 63.2 Å². The number of methoxy groups -OCH3 is 1. The third kappa shape index (κ3) is 4.04. The van der Waals surface area contributed by atoms with Gasteiger partial charge in [0.1, 0.15) is 5.75 Å². The Morgan fingerprint density at radius 3 is 2.83 bits per heavy atom. The van der Waals surface area contributed by atoms with Gasteiger partial charge in [0.05, 0.1) is 18.4 Å². The molecule has 1 fully saturated rings. The van der Waals surface area contributed by atoms with E-state index in [-0.39, 0.29) is 5.91 Å². The van der Waals surface area contributed by atoms with Crippen LogP contribution in [0.4, 0.5) is 5.69 Å². The van der Waals surface area contributed by atoms with E-state index in [0.29, 0.717) is 18.2 Å². The Morgan fingerprint density at radius 1 is 1.25 bits per heavy atom. The number of amides is 1. The first-order valence-electron chi connectivity index (χ1n) is 8.38. The van der Waals surface area contributed by atoms with Gasteiger partial charge in [0.25, 0.3) is 5.91 Å². The van der Waals surface area contributed by atoms with Crippen molar-refractivity contribution in [1.29, 1.82) is 0 Å². The van der Waals surface area contributed by atoms with Crippen molar-refractivity contribution < 1.29 is 9.53 Å². The highest BCUT2D eigenvalue weighted by atomic mass is 16.5. The minimum atomic E-state index is -0.136. The summed E-state index contributed by atoms with van der Waals surface area (Å²) in [7, 11) is 1.63. The Morgan fingerprint density at radius 2 is 2.04 bits per heavy atom. The number of anilines is 1. The van der Waals surface area contributed by atoms with Gasteiger partial charge >= 0.3 is 0 Å². The molecule has 0 bridgehead atoms. The van der Waals surface area contributed by atoms with Gasteiger partial charge < -0.3 is 15.4 Å². The van der Waals surface area contributed by atoms with E-state index in [1.54, 1.807) is 19.5 Å². The number of pyridine rings is 1. The number of ether oxygens (including phenoxy) is 1. The first kappa shape index (κ1) is 16.3. The fourth-order valence-corrected chi connectivity index (χ4v) is 3.08. The number of nitrogens with one attached hydrogen (secondary N) is 2. The van der Waals surface area contributed by atoms with Crippen LogP contribution in [-0.4, -0.2) is 24.0 Å². The summed E-state index contributed by atoms with van der Waals surface area (Å²) in [5, 5.41) is 6.39. The van der Waals surface area contributed by atoms with E-state index in [0.717, 1.165) is 17.0 Å². The first-order chi connectivity index (χ1) is 11.8. The van der Waals surface area contributed by atoms with E-state index in [1.165, 1.54) is 25.7 Å². The maximum Gasteiger partial charge on any atom is 0.253 e. The normalized spacial score (nSPS) is 14.4. The average molecular weight is 325 g/mol. The smallest absolute Gasteiger partial charge is 0.253 e. The number of rotatable bonds is 6. The molecule has 5 heteroatoms. The van der Waals surface area contributed by atoms with Crippen LogP contribution in [0.5, 0.6) is 5.75 Å². The molecule has 0 saturated heterocycles. The maximum absolute atomic E-state index is 12.4. The lowest BCUT2D eigenvalue weighted by atomic mass is 10.2. The molecule has 0 radical (unpaired) electrons. The van der Waals surface area contributed by atoms with E-state index < -0.39 is 0 Å². The van der Waals surface area contributed by atoms with Crippen LogP contribution < -0.4 is 15.4 Å². The minimum Gasteiger partial charge on any atom is -0.496 e. The Labute approximate surface area is 142 Å². The van der Waals surface area contributed by atoms with E-state index in [2.05, 4.69) is 15.6 Å². The molecule has 1 saturated carbocycles. The van der Waals surface area contributed by atoms with Gasteiger partial charge in [0.15, 0.2) is 0 Å². The Hall–Kier alpha value is -2.56. The van der Waals surface area contributed by atoms with Gasteiger partial charge in [-0.25, -0.2) is 0 Å². The number of benzene rings is 1. The van der Waals surface area contributed by atoms with Crippen LogP contribution in [0.1, 0.15) is 41.6 Å². The largest absolute Gasteiger partial charge is 0.496 e. The molecule has 3 rings (SSSR count). The number of aromatic nitrogens is 1. The molecule has 0 spiro atoms. The summed E-state index contributed by atoms with van der Waals surface area (Å²) in [6.45, 7) is 0.420. The van der Waals surface area contributed by atoms with Gasteiger partial charge in [-0.15, -0.1) is 0 Å². The van der Waals surface area contributed by atoms with E-state index >= 15 is 0 Å². The van der Waals surface area contributed by atoms with Gasteiger partial charge in [0, 0.05) is 30.5 Å². The molecule has 1 aliphatic carbocycles. The summed E-state index contributed by atoms with van der Waals surface area (Å²) in [4.78, 5) is 16.6. The number of nitrogens with zero attached hydrogens (tertiary/aromatic N) is 1. The zero-order valence-electron chi connectivity index (χ0n) is 13.9. The summed E-state index contributed by atoms with van der Waals surface area (Å²) < 4.78 is 5.30. The third-order valence-electron chi connectivity index (χ3n) is 4.36. The summed E-state index contributed by atoms with van der Waals surface area (Å²) in [5.41, 5.74) is 2.42. The molecule has 126 valence electrons. The predicted molar refractivity (Wildman–Crippen MR) is 94.3 cm³/mol. The maximum atomic E-state index is 12.4. The molecule has 5 nitrogen and oxygen atoms in total. The van der Waals surface area contributed by atoms with E-state index in [4.69, 9.17) is 4.74 Å². The van der Waals surface area contributed by atoms with Crippen molar-refractivity contribution in [2.24, 2.45) is 0 Å². The molecule has 1 aliphatic rings. The number of carbonyl (C=O) groups is 1. The van der Waals surface area contributed by atoms with Crippen LogP contribution in [-0.2, 0) is 6.54 Å². The lowest BCUT2D eigenvalue weighted by molar-refractivity contribution is 0.0950. The Bertz CT molecular complexity index is 697. The fourth-order valence-electron chi connectivity index (χ4n) is 3.08. The highest BCUT2D eigenvalue weighted by Gasteiger charge is 2.15. The van der Waals surface area contributed by atoms with Gasteiger partial charge in [-0.3, -0.25) is 9.78 Å². The van der Waals surface area contributed by atoms with Crippen molar-refractivity contribution >= 4 is 11.6 Å². The molecule has 1 heterocycles.